The highest BCUT2D eigenvalue weighted by Crippen LogP contribution is 2.26. The maximum atomic E-state index is 11.8. The zero-order valence-corrected chi connectivity index (χ0v) is 12.5. The van der Waals surface area contributed by atoms with E-state index in [9.17, 15) is 14.9 Å². The highest BCUT2D eigenvalue weighted by Gasteiger charge is 2.14. The summed E-state index contributed by atoms with van der Waals surface area (Å²) < 4.78 is 5.47. The third-order valence-electron chi connectivity index (χ3n) is 2.52. The first-order valence-corrected chi connectivity index (χ1v) is 7.80. The number of para-hydroxylation sites is 2. The van der Waals surface area contributed by atoms with Crippen molar-refractivity contribution >= 4 is 50.2 Å². The molecule has 0 radical (unpaired) electrons. The number of hydrogen-bond acceptors (Lipinski definition) is 8. The van der Waals surface area contributed by atoms with Crippen molar-refractivity contribution in [3.63, 3.8) is 0 Å². The van der Waals surface area contributed by atoms with E-state index in [2.05, 4.69) is 15.3 Å². The molecular weight excluding hydrogens is 328 g/mol. The third-order valence-corrected chi connectivity index (χ3v) is 4.21. The van der Waals surface area contributed by atoms with Crippen LogP contribution in [0.1, 0.15) is 0 Å². The minimum absolute atomic E-state index is 0.0696. The van der Waals surface area contributed by atoms with Gasteiger partial charge in [0.1, 0.15) is 11.7 Å². The van der Waals surface area contributed by atoms with Gasteiger partial charge in [0.05, 0.1) is 10.7 Å². The molecule has 0 unspecified atom stereocenters. The third kappa shape index (κ3) is 3.23. The lowest BCUT2D eigenvalue weighted by molar-refractivity contribution is -0.380. The van der Waals surface area contributed by atoms with Crippen LogP contribution in [0.5, 0.6) is 0 Å². The first-order chi connectivity index (χ1) is 10.6. The molecule has 1 aromatic carbocycles. The van der Waals surface area contributed by atoms with Crippen LogP contribution < -0.4 is 5.32 Å². The number of thioether (sulfide) groups is 1. The number of carbonyl (C=O) groups is 1. The molecule has 1 N–H and O–H groups in total. The molecule has 22 heavy (non-hydrogen) atoms. The second-order valence-electron chi connectivity index (χ2n) is 4.05. The molecule has 0 aliphatic rings. The first-order valence-electron chi connectivity index (χ1n) is 6.00. The molecule has 0 saturated carbocycles. The van der Waals surface area contributed by atoms with Crippen LogP contribution >= 0.6 is 23.1 Å². The van der Waals surface area contributed by atoms with Gasteiger partial charge in [0.2, 0.25) is 5.91 Å². The van der Waals surface area contributed by atoms with Gasteiger partial charge in [-0.15, -0.1) is 0 Å². The minimum Gasteiger partial charge on any atom is -0.431 e. The van der Waals surface area contributed by atoms with E-state index in [0.717, 1.165) is 34.8 Å². The van der Waals surface area contributed by atoms with Crippen LogP contribution in [0.3, 0.4) is 0 Å². The topological polar surface area (TPSA) is 111 Å². The molecule has 0 aliphatic heterocycles. The summed E-state index contributed by atoms with van der Waals surface area (Å²) in [6.45, 7) is 0. The van der Waals surface area contributed by atoms with Crippen molar-refractivity contribution in [2.75, 3.05) is 11.1 Å². The lowest BCUT2D eigenvalue weighted by atomic mass is 10.3. The van der Waals surface area contributed by atoms with Crippen molar-refractivity contribution in [2.24, 2.45) is 0 Å². The molecule has 0 atom stereocenters. The first kappa shape index (κ1) is 14.5. The normalized spacial score (nSPS) is 10.7. The number of hydrogen-bond donors (Lipinski definition) is 1. The highest BCUT2D eigenvalue weighted by atomic mass is 32.2. The standard InChI is InChI=1S/C12H8N4O4S2/c17-9(15-11-13-5-10(22-11)16(18)19)6-21-12-14-7-3-1-2-4-8(7)20-12/h1-5H,6H2,(H,13,15,17). The Morgan fingerprint density at radius 1 is 1.45 bits per heavy atom. The van der Waals surface area contributed by atoms with Gasteiger partial charge in [-0.25, -0.2) is 9.97 Å². The van der Waals surface area contributed by atoms with E-state index >= 15 is 0 Å². The Hall–Kier alpha value is -2.46. The summed E-state index contributed by atoms with van der Waals surface area (Å²) in [5, 5.41) is 13.5. The highest BCUT2D eigenvalue weighted by molar-refractivity contribution is 7.99. The average molecular weight is 336 g/mol. The Kier molecular flexibility index (Phi) is 4.02. The lowest BCUT2D eigenvalue weighted by Gasteiger charge is -1.98. The zero-order valence-electron chi connectivity index (χ0n) is 10.9. The maximum absolute atomic E-state index is 11.8. The molecule has 3 aromatic rings. The number of thiazole rings is 1. The van der Waals surface area contributed by atoms with Gasteiger partial charge >= 0.3 is 5.00 Å². The van der Waals surface area contributed by atoms with Crippen LogP contribution in [0, 0.1) is 10.1 Å². The summed E-state index contributed by atoms with van der Waals surface area (Å²) >= 11 is 1.94. The molecule has 3 rings (SSSR count). The number of oxazole rings is 1. The van der Waals surface area contributed by atoms with Gasteiger partial charge in [-0.2, -0.15) is 0 Å². The monoisotopic (exact) mass is 336 g/mol. The van der Waals surface area contributed by atoms with E-state index in [1.54, 1.807) is 6.07 Å². The molecule has 0 aliphatic carbocycles. The molecule has 0 fully saturated rings. The van der Waals surface area contributed by atoms with Crippen LogP contribution in [0.4, 0.5) is 10.1 Å². The number of benzene rings is 1. The SMILES string of the molecule is O=C(CSc1nc2ccccc2o1)Nc1ncc([N+](=O)[O-])s1. The summed E-state index contributed by atoms with van der Waals surface area (Å²) in [5.41, 5.74) is 1.38. The van der Waals surface area contributed by atoms with Crippen molar-refractivity contribution in [3.8, 4) is 0 Å². The molecule has 2 aromatic heterocycles. The Balaban J connectivity index is 1.58. The number of rotatable bonds is 5. The maximum Gasteiger partial charge on any atom is 0.345 e. The summed E-state index contributed by atoms with van der Waals surface area (Å²) in [7, 11) is 0. The predicted octanol–water partition coefficient (Wildman–Crippen LogP) is 2.92. The van der Waals surface area contributed by atoms with Gasteiger partial charge < -0.3 is 9.73 Å². The van der Waals surface area contributed by atoms with E-state index in [4.69, 9.17) is 4.42 Å². The Morgan fingerprint density at radius 2 is 2.27 bits per heavy atom. The van der Waals surface area contributed by atoms with Gasteiger partial charge in [0.15, 0.2) is 10.7 Å². The van der Waals surface area contributed by atoms with Crippen LogP contribution in [0.15, 0.2) is 40.1 Å². The van der Waals surface area contributed by atoms with Crippen LogP contribution in [-0.4, -0.2) is 26.6 Å². The summed E-state index contributed by atoms with van der Waals surface area (Å²) in [6.07, 6.45) is 1.11. The number of carbonyl (C=O) groups excluding carboxylic acids is 1. The van der Waals surface area contributed by atoms with Crippen molar-refractivity contribution in [1.82, 2.24) is 9.97 Å². The molecule has 8 nitrogen and oxygen atoms in total. The van der Waals surface area contributed by atoms with E-state index in [0.29, 0.717) is 10.8 Å². The fourth-order valence-electron chi connectivity index (χ4n) is 1.60. The Labute approximate surface area is 131 Å². The van der Waals surface area contributed by atoms with Crippen molar-refractivity contribution in [2.45, 2.75) is 5.22 Å². The molecule has 2 heterocycles. The number of nitro groups is 1. The number of amides is 1. The minimum atomic E-state index is -0.555. The fraction of sp³-hybridized carbons (Fsp3) is 0.0833. The second kappa shape index (κ2) is 6.12. The number of nitrogens with one attached hydrogen (secondary N) is 1. The van der Waals surface area contributed by atoms with E-state index < -0.39 is 4.92 Å². The Morgan fingerprint density at radius 3 is 3.00 bits per heavy atom. The number of anilines is 1. The number of fused-ring (bicyclic) bond motifs is 1. The van der Waals surface area contributed by atoms with Crippen LogP contribution in [-0.2, 0) is 4.79 Å². The largest absolute Gasteiger partial charge is 0.431 e. The summed E-state index contributed by atoms with van der Waals surface area (Å²) in [6, 6.07) is 7.30. The van der Waals surface area contributed by atoms with Crippen molar-refractivity contribution < 1.29 is 14.1 Å². The quantitative estimate of drug-likeness (QED) is 0.433. The fourth-order valence-corrected chi connectivity index (χ4v) is 2.89. The summed E-state index contributed by atoms with van der Waals surface area (Å²) in [4.78, 5) is 29.8. The molecule has 1 amide bonds. The Bertz CT molecular complexity index is 811. The molecule has 0 spiro atoms. The molecule has 0 bridgehead atoms. The van der Waals surface area contributed by atoms with Gasteiger partial charge in [-0.3, -0.25) is 14.9 Å². The van der Waals surface area contributed by atoms with Gasteiger partial charge in [0.25, 0.3) is 5.22 Å². The lowest BCUT2D eigenvalue weighted by Crippen LogP contribution is -2.13. The van der Waals surface area contributed by atoms with Crippen molar-refractivity contribution in [1.29, 1.82) is 0 Å². The predicted molar refractivity (Wildman–Crippen MR) is 82.1 cm³/mol. The van der Waals surface area contributed by atoms with Crippen LogP contribution in [0.25, 0.3) is 11.1 Å². The van der Waals surface area contributed by atoms with E-state index in [1.807, 2.05) is 18.2 Å². The molecule has 112 valence electrons. The van der Waals surface area contributed by atoms with Gasteiger partial charge in [-0.05, 0) is 23.5 Å². The molecular formula is C12H8N4O4S2. The zero-order chi connectivity index (χ0) is 15.5. The smallest absolute Gasteiger partial charge is 0.345 e. The van der Waals surface area contributed by atoms with Crippen molar-refractivity contribution in [3.05, 3.63) is 40.6 Å². The molecule has 0 saturated heterocycles. The molecule has 10 heteroatoms. The summed E-state index contributed by atoms with van der Waals surface area (Å²) in [5.74, 6) is -0.267. The number of nitrogens with zero attached hydrogens (tertiary/aromatic N) is 3. The average Bonchev–Trinajstić information content (AvgIpc) is 3.11. The van der Waals surface area contributed by atoms with E-state index in [-0.39, 0.29) is 21.8 Å². The second-order valence-corrected chi connectivity index (χ2v) is 5.98. The van der Waals surface area contributed by atoms with Gasteiger partial charge in [0, 0.05) is 0 Å². The van der Waals surface area contributed by atoms with E-state index in [1.165, 1.54) is 0 Å². The van der Waals surface area contributed by atoms with Crippen LogP contribution in [0.2, 0.25) is 0 Å². The van der Waals surface area contributed by atoms with Gasteiger partial charge in [-0.1, -0.05) is 23.9 Å². The number of aromatic nitrogens is 2.